The van der Waals surface area contributed by atoms with Gasteiger partial charge < -0.3 is 14.5 Å². The molecule has 1 fully saturated rings. The summed E-state index contributed by atoms with van der Waals surface area (Å²) in [5.41, 5.74) is 2.02. The molecule has 0 spiro atoms. The molecule has 1 aliphatic heterocycles. The summed E-state index contributed by atoms with van der Waals surface area (Å²) < 4.78 is 5.59. The van der Waals surface area contributed by atoms with Gasteiger partial charge in [-0.3, -0.25) is 9.78 Å². The number of rotatable bonds is 6. The van der Waals surface area contributed by atoms with E-state index in [4.69, 9.17) is 4.74 Å². The summed E-state index contributed by atoms with van der Waals surface area (Å²) >= 11 is 0. The molecule has 2 aromatic heterocycles. The summed E-state index contributed by atoms with van der Waals surface area (Å²) in [6.07, 6.45) is 7.04. The molecule has 1 saturated heterocycles. The summed E-state index contributed by atoms with van der Waals surface area (Å²) in [7, 11) is 4.03. The molecule has 1 aliphatic rings. The highest BCUT2D eigenvalue weighted by Crippen LogP contribution is 2.33. The van der Waals surface area contributed by atoms with Crippen LogP contribution in [0.4, 0.5) is 0 Å². The van der Waals surface area contributed by atoms with Gasteiger partial charge in [-0.05, 0) is 46.0 Å². The fourth-order valence-corrected chi connectivity index (χ4v) is 3.27. The van der Waals surface area contributed by atoms with Crippen LogP contribution in [-0.2, 0) is 11.3 Å². The topological polar surface area (TPSA) is 71.5 Å². The highest BCUT2D eigenvalue weighted by atomic mass is 16.5. The van der Waals surface area contributed by atoms with E-state index in [2.05, 4.69) is 19.9 Å². The minimum atomic E-state index is -0.0246. The molecule has 0 aliphatic carbocycles. The molecule has 0 unspecified atom stereocenters. The van der Waals surface area contributed by atoms with Crippen molar-refractivity contribution in [3.8, 4) is 5.75 Å². The predicted octanol–water partition coefficient (Wildman–Crippen LogP) is 1.98. The quantitative estimate of drug-likeness (QED) is 0.789. The molecule has 0 bridgehead atoms. The van der Waals surface area contributed by atoms with Crippen LogP contribution in [-0.4, -0.2) is 57.9 Å². The Balaban J connectivity index is 1.75. The van der Waals surface area contributed by atoms with E-state index in [1.165, 1.54) is 0 Å². The van der Waals surface area contributed by atoms with Gasteiger partial charge >= 0.3 is 0 Å². The van der Waals surface area contributed by atoms with Crippen LogP contribution in [0, 0.1) is 6.92 Å². The van der Waals surface area contributed by atoms with Gasteiger partial charge in [-0.1, -0.05) is 0 Å². The first-order chi connectivity index (χ1) is 12.5. The Labute approximate surface area is 154 Å². The maximum absolute atomic E-state index is 12.7. The Kier molecular flexibility index (Phi) is 5.78. The largest absolute Gasteiger partial charge is 0.482 e. The van der Waals surface area contributed by atoms with Crippen LogP contribution in [0.2, 0.25) is 0 Å². The van der Waals surface area contributed by atoms with Gasteiger partial charge in [0, 0.05) is 31.0 Å². The van der Waals surface area contributed by atoms with Gasteiger partial charge in [0.05, 0.1) is 17.9 Å². The van der Waals surface area contributed by atoms with Gasteiger partial charge in [0.2, 0.25) is 0 Å². The molecule has 1 amide bonds. The highest BCUT2D eigenvalue weighted by molar-refractivity contribution is 5.78. The second-order valence-corrected chi connectivity index (χ2v) is 6.79. The van der Waals surface area contributed by atoms with Crippen molar-refractivity contribution in [2.75, 3.05) is 27.2 Å². The number of pyridine rings is 1. The molecule has 7 heteroatoms. The molecule has 138 valence electrons. The molecule has 7 nitrogen and oxygen atoms in total. The van der Waals surface area contributed by atoms with Gasteiger partial charge in [-0.25, -0.2) is 9.97 Å². The van der Waals surface area contributed by atoms with Crippen molar-refractivity contribution in [1.82, 2.24) is 24.8 Å². The van der Waals surface area contributed by atoms with Crippen LogP contribution in [0.25, 0.3) is 0 Å². The van der Waals surface area contributed by atoms with Crippen molar-refractivity contribution < 1.29 is 9.53 Å². The monoisotopic (exact) mass is 355 g/mol. The molecule has 0 radical (unpaired) electrons. The second kappa shape index (κ2) is 8.23. The Hall–Kier alpha value is -2.54. The molecule has 1 atom stereocenters. The third-order valence-corrected chi connectivity index (χ3v) is 4.39. The third-order valence-electron chi connectivity index (χ3n) is 4.39. The number of carbonyl (C=O) groups excluding carboxylic acids is 1. The van der Waals surface area contributed by atoms with Crippen molar-refractivity contribution >= 4 is 5.91 Å². The van der Waals surface area contributed by atoms with E-state index >= 15 is 0 Å². The normalized spacial score (nSPS) is 16.9. The zero-order valence-corrected chi connectivity index (χ0v) is 15.6. The fraction of sp³-hybridized carbons (Fsp3) is 0.474. The third kappa shape index (κ3) is 4.35. The smallest absolute Gasteiger partial charge is 0.261 e. The summed E-state index contributed by atoms with van der Waals surface area (Å²) in [6.45, 7) is 3.37. The first kappa shape index (κ1) is 18.3. The molecule has 0 aromatic carbocycles. The first-order valence-electron chi connectivity index (χ1n) is 8.84. The Morgan fingerprint density at radius 1 is 1.38 bits per heavy atom. The minimum Gasteiger partial charge on any atom is -0.482 e. The number of ether oxygens (including phenoxy) is 1. The van der Waals surface area contributed by atoms with Crippen LogP contribution in [0.3, 0.4) is 0 Å². The van der Waals surface area contributed by atoms with E-state index in [0.717, 1.165) is 43.0 Å². The van der Waals surface area contributed by atoms with E-state index < -0.39 is 0 Å². The molecule has 3 heterocycles. The van der Waals surface area contributed by atoms with Gasteiger partial charge in [0.1, 0.15) is 11.6 Å². The van der Waals surface area contributed by atoms with Crippen LogP contribution >= 0.6 is 0 Å². The van der Waals surface area contributed by atoms with Crippen molar-refractivity contribution in [2.45, 2.75) is 32.4 Å². The number of nitrogens with zero attached hydrogens (tertiary/aromatic N) is 5. The van der Waals surface area contributed by atoms with Crippen LogP contribution in [0.5, 0.6) is 5.75 Å². The molecule has 26 heavy (non-hydrogen) atoms. The number of carbonyl (C=O) groups is 1. The van der Waals surface area contributed by atoms with Gasteiger partial charge in [-0.2, -0.15) is 0 Å². The summed E-state index contributed by atoms with van der Waals surface area (Å²) in [5.74, 6) is 1.31. The lowest BCUT2D eigenvalue weighted by molar-refractivity contribution is -0.134. The van der Waals surface area contributed by atoms with Crippen molar-refractivity contribution in [1.29, 1.82) is 0 Å². The Bertz CT molecular complexity index is 751. The van der Waals surface area contributed by atoms with Crippen LogP contribution in [0.15, 0.2) is 30.7 Å². The highest BCUT2D eigenvalue weighted by Gasteiger charge is 2.33. The number of aromatic nitrogens is 3. The lowest BCUT2D eigenvalue weighted by atomic mass is 10.1. The molecule has 0 N–H and O–H groups in total. The van der Waals surface area contributed by atoms with Gasteiger partial charge in [0.25, 0.3) is 5.91 Å². The zero-order chi connectivity index (χ0) is 18.5. The van der Waals surface area contributed by atoms with Crippen LogP contribution < -0.4 is 4.74 Å². The van der Waals surface area contributed by atoms with Crippen molar-refractivity contribution in [3.05, 3.63) is 47.8 Å². The van der Waals surface area contributed by atoms with E-state index in [1.54, 1.807) is 24.5 Å². The predicted molar refractivity (Wildman–Crippen MR) is 97.6 cm³/mol. The average Bonchev–Trinajstić information content (AvgIpc) is 3.11. The second-order valence-electron chi connectivity index (χ2n) is 6.79. The lowest BCUT2D eigenvalue weighted by Crippen LogP contribution is -2.35. The lowest BCUT2D eigenvalue weighted by Gasteiger charge is -2.26. The van der Waals surface area contributed by atoms with Crippen molar-refractivity contribution in [3.63, 3.8) is 0 Å². The first-order valence-corrected chi connectivity index (χ1v) is 8.84. The summed E-state index contributed by atoms with van der Waals surface area (Å²) in [6, 6.07) is 3.57. The number of hydrogen-bond acceptors (Lipinski definition) is 6. The maximum Gasteiger partial charge on any atom is 0.261 e. The number of amides is 1. The van der Waals surface area contributed by atoms with E-state index in [1.807, 2.05) is 32.1 Å². The van der Waals surface area contributed by atoms with Gasteiger partial charge in [-0.15, -0.1) is 0 Å². The standard InChI is InChI=1S/C19H25N5O2/c1-14-21-10-15(12-23(2)3)19(22-14)17-7-5-9-24(17)18(25)13-26-16-6-4-8-20-11-16/h4,6,8,10-11,17H,5,7,9,12-13H2,1-3H3/t17-/m0/s1. The maximum atomic E-state index is 12.7. The van der Waals surface area contributed by atoms with E-state index in [-0.39, 0.29) is 18.6 Å². The average molecular weight is 355 g/mol. The van der Waals surface area contributed by atoms with Gasteiger partial charge in [0.15, 0.2) is 6.61 Å². The van der Waals surface area contributed by atoms with Crippen LogP contribution in [0.1, 0.15) is 36.0 Å². The van der Waals surface area contributed by atoms with E-state index in [9.17, 15) is 4.79 Å². The zero-order valence-electron chi connectivity index (χ0n) is 15.6. The molecular weight excluding hydrogens is 330 g/mol. The number of aryl methyl sites for hydroxylation is 1. The SMILES string of the molecule is Cc1ncc(CN(C)C)c([C@@H]2CCCN2C(=O)COc2cccnc2)n1. The Morgan fingerprint density at radius 3 is 2.96 bits per heavy atom. The summed E-state index contributed by atoms with van der Waals surface area (Å²) in [4.78, 5) is 29.7. The minimum absolute atomic E-state index is 0.00920. The van der Waals surface area contributed by atoms with E-state index in [0.29, 0.717) is 5.75 Å². The molecular formula is C19H25N5O2. The number of likely N-dealkylation sites (tertiary alicyclic amines) is 1. The fourth-order valence-electron chi connectivity index (χ4n) is 3.27. The Morgan fingerprint density at radius 2 is 2.23 bits per heavy atom. The summed E-state index contributed by atoms with van der Waals surface area (Å²) in [5, 5.41) is 0. The molecule has 3 rings (SSSR count). The molecule has 2 aromatic rings. The van der Waals surface area contributed by atoms with Crippen molar-refractivity contribution in [2.24, 2.45) is 0 Å². The number of hydrogen-bond donors (Lipinski definition) is 0. The molecule has 0 saturated carbocycles.